The van der Waals surface area contributed by atoms with E-state index in [4.69, 9.17) is 6.42 Å². The molecule has 92 valence electrons. The first-order valence-corrected chi connectivity index (χ1v) is 5.10. The average molecular weight is 264 g/mol. The summed E-state index contributed by atoms with van der Waals surface area (Å²) in [5.41, 5.74) is 0. The molecule has 0 spiro atoms. The Morgan fingerprint density at radius 1 is 1.47 bits per heavy atom. The number of anilines is 1. The zero-order valence-electron chi connectivity index (χ0n) is 8.34. The molecule has 2 N–H and O–H groups in total. The Morgan fingerprint density at radius 2 is 2.18 bits per heavy atom. The van der Waals surface area contributed by atoms with Gasteiger partial charge in [-0.1, -0.05) is 17.3 Å². The van der Waals surface area contributed by atoms with Gasteiger partial charge in [0, 0.05) is 0 Å². The summed E-state index contributed by atoms with van der Waals surface area (Å²) in [5, 5.41) is 9.80. The number of rotatable bonds is 4. The summed E-state index contributed by atoms with van der Waals surface area (Å²) in [4.78, 5) is 11.0. The van der Waals surface area contributed by atoms with Crippen LogP contribution in [0.5, 0.6) is 0 Å². The number of aromatic nitrogens is 2. The molecular formula is C8H7F3N4OS. The first kappa shape index (κ1) is 13.2. The van der Waals surface area contributed by atoms with Gasteiger partial charge in [-0.05, 0) is 0 Å². The molecule has 5 nitrogen and oxygen atoms in total. The molecule has 0 unspecified atom stereocenters. The van der Waals surface area contributed by atoms with E-state index in [1.165, 1.54) is 0 Å². The molecule has 1 aromatic heterocycles. The van der Waals surface area contributed by atoms with Gasteiger partial charge in [-0.15, -0.1) is 16.6 Å². The number of nitrogens with zero attached hydrogens (tertiary/aromatic N) is 2. The number of hydrogen-bond donors (Lipinski definition) is 2. The molecular weight excluding hydrogens is 257 g/mol. The summed E-state index contributed by atoms with van der Waals surface area (Å²) in [6.07, 6.45) is 0.380. The molecule has 17 heavy (non-hydrogen) atoms. The summed E-state index contributed by atoms with van der Waals surface area (Å²) in [5.74, 6) is 1.75. The Kier molecular flexibility index (Phi) is 4.28. The highest BCUT2D eigenvalue weighted by molar-refractivity contribution is 7.15. The van der Waals surface area contributed by atoms with Crippen molar-refractivity contribution in [3.05, 3.63) is 5.01 Å². The molecule has 0 aromatic carbocycles. The van der Waals surface area contributed by atoms with Crippen LogP contribution >= 0.6 is 11.3 Å². The molecule has 1 aromatic rings. The highest BCUT2D eigenvalue weighted by Gasteiger charge is 2.35. The van der Waals surface area contributed by atoms with Gasteiger partial charge in [-0.3, -0.25) is 4.79 Å². The number of carbonyl (C=O) groups is 1. The largest absolute Gasteiger partial charge is 0.445 e. The van der Waals surface area contributed by atoms with Crippen LogP contribution in [0.15, 0.2) is 0 Å². The van der Waals surface area contributed by atoms with Crippen molar-refractivity contribution in [1.29, 1.82) is 0 Å². The average Bonchev–Trinajstić information content (AvgIpc) is 2.71. The van der Waals surface area contributed by atoms with Crippen LogP contribution in [0.1, 0.15) is 5.01 Å². The third-order valence-electron chi connectivity index (χ3n) is 1.46. The topological polar surface area (TPSA) is 66.9 Å². The van der Waals surface area contributed by atoms with Crippen LogP contribution in [0.3, 0.4) is 0 Å². The molecule has 0 saturated heterocycles. The molecule has 9 heteroatoms. The Labute approximate surface area is 98.4 Å². The van der Waals surface area contributed by atoms with Gasteiger partial charge in [0.25, 0.3) is 0 Å². The van der Waals surface area contributed by atoms with E-state index in [1.54, 1.807) is 0 Å². The van der Waals surface area contributed by atoms with Gasteiger partial charge < -0.3 is 10.6 Å². The predicted octanol–water partition coefficient (Wildman–Crippen LogP) is 0.718. The van der Waals surface area contributed by atoms with E-state index in [0.717, 1.165) is 0 Å². The lowest BCUT2D eigenvalue weighted by molar-refractivity contribution is -0.138. The molecule has 1 rings (SSSR count). The standard InChI is InChI=1S/C8H7F3N4OS/c1-2-3-12-5(16)4-13-7-15-14-6(17-7)8(9,10)11/h1H,3-4H2,(H,12,16)(H,13,15). The Morgan fingerprint density at radius 3 is 2.71 bits per heavy atom. The third kappa shape index (κ3) is 4.28. The summed E-state index contributed by atoms with van der Waals surface area (Å²) >= 11 is 0.327. The molecule has 0 radical (unpaired) electrons. The van der Waals surface area contributed by atoms with Crippen molar-refractivity contribution in [3.8, 4) is 12.3 Å². The lowest BCUT2D eigenvalue weighted by Gasteiger charge is -2.01. The number of hydrogen-bond acceptors (Lipinski definition) is 5. The van der Waals surface area contributed by atoms with E-state index in [9.17, 15) is 18.0 Å². The second-order valence-corrected chi connectivity index (χ2v) is 3.72. The fraction of sp³-hybridized carbons (Fsp3) is 0.375. The summed E-state index contributed by atoms with van der Waals surface area (Å²) in [6, 6.07) is 0. The Balaban J connectivity index is 2.46. The van der Waals surface area contributed by atoms with Crippen molar-refractivity contribution < 1.29 is 18.0 Å². The van der Waals surface area contributed by atoms with E-state index in [2.05, 4.69) is 26.8 Å². The van der Waals surface area contributed by atoms with E-state index in [0.29, 0.717) is 11.3 Å². The third-order valence-corrected chi connectivity index (χ3v) is 2.38. The van der Waals surface area contributed by atoms with Crippen LogP contribution in [0, 0.1) is 12.3 Å². The van der Waals surface area contributed by atoms with E-state index < -0.39 is 17.1 Å². The summed E-state index contributed by atoms with van der Waals surface area (Å²) in [6.45, 7) is -0.154. The first-order chi connectivity index (χ1) is 7.93. The molecule has 1 heterocycles. The van der Waals surface area contributed by atoms with Crippen molar-refractivity contribution >= 4 is 22.4 Å². The highest BCUT2D eigenvalue weighted by Crippen LogP contribution is 2.32. The van der Waals surface area contributed by atoms with E-state index in [-0.39, 0.29) is 18.2 Å². The van der Waals surface area contributed by atoms with Gasteiger partial charge in [0.05, 0.1) is 13.1 Å². The number of alkyl halides is 3. The minimum absolute atomic E-state index is 0.0600. The van der Waals surface area contributed by atoms with Crippen LogP contribution in [-0.2, 0) is 11.0 Å². The van der Waals surface area contributed by atoms with Crippen molar-refractivity contribution in [3.63, 3.8) is 0 Å². The number of amides is 1. The maximum Gasteiger partial charge on any atom is 0.445 e. The predicted molar refractivity (Wildman–Crippen MR) is 55.2 cm³/mol. The minimum Gasteiger partial charge on any atom is -0.351 e. The lowest BCUT2D eigenvalue weighted by atomic mass is 10.5. The van der Waals surface area contributed by atoms with Gasteiger partial charge in [0.15, 0.2) is 0 Å². The quantitative estimate of drug-likeness (QED) is 0.786. The van der Waals surface area contributed by atoms with Gasteiger partial charge in [-0.2, -0.15) is 13.2 Å². The van der Waals surface area contributed by atoms with Gasteiger partial charge in [0.1, 0.15) is 0 Å². The Hall–Kier alpha value is -1.82. The minimum atomic E-state index is -4.52. The van der Waals surface area contributed by atoms with E-state index >= 15 is 0 Å². The molecule has 1 amide bonds. The van der Waals surface area contributed by atoms with Crippen molar-refractivity contribution in [1.82, 2.24) is 15.5 Å². The van der Waals surface area contributed by atoms with Gasteiger partial charge in [-0.25, -0.2) is 0 Å². The van der Waals surface area contributed by atoms with Crippen LogP contribution in [0.25, 0.3) is 0 Å². The van der Waals surface area contributed by atoms with Gasteiger partial charge >= 0.3 is 6.18 Å². The molecule has 0 bridgehead atoms. The summed E-state index contributed by atoms with van der Waals surface area (Å²) < 4.78 is 36.4. The zero-order valence-corrected chi connectivity index (χ0v) is 9.15. The molecule has 0 atom stereocenters. The second-order valence-electron chi connectivity index (χ2n) is 2.74. The number of halogens is 3. The number of carbonyl (C=O) groups excluding carboxylic acids is 1. The van der Waals surface area contributed by atoms with Crippen LogP contribution < -0.4 is 10.6 Å². The fourth-order valence-electron chi connectivity index (χ4n) is 0.777. The number of nitrogens with one attached hydrogen (secondary N) is 2. The maximum absolute atomic E-state index is 12.1. The molecule has 0 saturated carbocycles. The second kappa shape index (κ2) is 5.49. The molecule has 0 fully saturated rings. The Bertz CT molecular complexity index is 437. The number of terminal acetylenes is 1. The van der Waals surface area contributed by atoms with Crippen molar-refractivity contribution in [2.75, 3.05) is 18.4 Å². The molecule has 0 aliphatic heterocycles. The van der Waals surface area contributed by atoms with Gasteiger partial charge in [0.2, 0.25) is 16.0 Å². The lowest BCUT2D eigenvalue weighted by Crippen LogP contribution is -2.29. The SMILES string of the molecule is C#CCNC(=O)CNc1nnc(C(F)(F)F)s1. The normalized spacial score (nSPS) is 10.7. The highest BCUT2D eigenvalue weighted by atomic mass is 32.1. The first-order valence-electron chi connectivity index (χ1n) is 4.28. The van der Waals surface area contributed by atoms with Crippen LogP contribution in [0.2, 0.25) is 0 Å². The summed E-state index contributed by atoms with van der Waals surface area (Å²) in [7, 11) is 0. The van der Waals surface area contributed by atoms with Crippen LogP contribution in [-0.4, -0.2) is 29.2 Å². The van der Waals surface area contributed by atoms with Crippen molar-refractivity contribution in [2.45, 2.75) is 6.18 Å². The van der Waals surface area contributed by atoms with Crippen LogP contribution in [0.4, 0.5) is 18.3 Å². The smallest absolute Gasteiger partial charge is 0.351 e. The van der Waals surface area contributed by atoms with Crippen molar-refractivity contribution in [2.24, 2.45) is 0 Å². The maximum atomic E-state index is 12.1. The fourth-order valence-corrected chi connectivity index (χ4v) is 1.38. The molecule has 0 aliphatic rings. The zero-order chi connectivity index (χ0) is 12.9. The van der Waals surface area contributed by atoms with E-state index in [1.807, 2.05) is 0 Å². The monoisotopic (exact) mass is 264 g/mol. The molecule has 0 aliphatic carbocycles.